The van der Waals surface area contributed by atoms with E-state index in [-0.39, 0.29) is 0 Å². The van der Waals surface area contributed by atoms with E-state index in [0.717, 1.165) is 10.7 Å². The third kappa shape index (κ3) is 2.68. The largest absolute Gasteiger partial charge is 0.334 e. The van der Waals surface area contributed by atoms with Gasteiger partial charge >= 0.3 is 0 Å². The Morgan fingerprint density at radius 3 is 2.95 bits per heavy atom. The van der Waals surface area contributed by atoms with Crippen LogP contribution in [0.2, 0.25) is 5.02 Å². The molecule has 0 radical (unpaired) electrons. The molecule has 1 aromatic carbocycles. The van der Waals surface area contributed by atoms with Crippen LogP contribution in [0.3, 0.4) is 0 Å². The number of aromatic nitrogens is 5. The highest BCUT2D eigenvalue weighted by molar-refractivity contribution is 7.98. The van der Waals surface area contributed by atoms with E-state index in [1.165, 1.54) is 11.8 Å². The van der Waals surface area contributed by atoms with Crippen molar-refractivity contribution >= 4 is 23.4 Å². The number of halogens is 1. The first kappa shape index (κ1) is 13.1. The highest BCUT2D eigenvalue weighted by Crippen LogP contribution is 2.27. The second-order valence-corrected chi connectivity index (χ2v) is 5.36. The molecule has 0 unspecified atom stereocenters. The molecule has 0 N–H and O–H groups in total. The van der Waals surface area contributed by atoms with Gasteiger partial charge in [0.25, 0.3) is 5.89 Å². The van der Waals surface area contributed by atoms with E-state index >= 15 is 0 Å². The van der Waals surface area contributed by atoms with E-state index in [9.17, 15) is 0 Å². The van der Waals surface area contributed by atoms with Gasteiger partial charge in [-0.25, -0.2) is 0 Å². The van der Waals surface area contributed by atoms with E-state index in [1.54, 1.807) is 12.4 Å². The second-order valence-electron chi connectivity index (χ2n) is 4.01. The van der Waals surface area contributed by atoms with E-state index < -0.39 is 0 Å². The first-order chi connectivity index (χ1) is 9.74. The Kier molecular flexibility index (Phi) is 3.70. The smallest absolute Gasteiger partial charge is 0.259 e. The van der Waals surface area contributed by atoms with Crippen LogP contribution in [0.1, 0.15) is 5.82 Å². The van der Waals surface area contributed by atoms with Crippen LogP contribution in [0, 0.1) is 0 Å². The van der Waals surface area contributed by atoms with Gasteiger partial charge in [-0.05, 0) is 12.1 Å². The van der Waals surface area contributed by atoms with Crippen LogP contribution in [-0.4, -0.2) is 24.9 Å². The van der Waals surface area contributed by atoms with Crippen LogP contribution in [0.4, 0.5) is 0 Å². The van der Waals surface area contributed by atoms with Gasteiger partial charge in [-0.15, -0.1) is 10.2 Å². The van der Waals surface area contributed by atoms with Crippen molar-refractivity contribution in [2.75, 3.05) is 0 Å². The summed E-state index contributed by atoms with van der Waals surface area (Å²) >= 11 is 7.58. The monoisotopic (exact) mass is 307 g/mol. The summed E-state index contributed by atoms with van der Waals surface area (Å²) < 4.78 is 7.06. The highest BCUT2D eigenvalue weighted by Gasteiger charge is 2.12. The Balaban J connectivity index is 1.74. The average Bonchev–Trinajstić information content (AvgIpc) is 3.06. The molecule has 6 nitrogen and oxygen atoms in total. The predicted molar refractivity (Wildman–Crippen MR) is 75.3 cm³/mol. The van der Waals surface area contributed by atoms with Crippen molar-refractivity contribution in [1.82, 2.24) is 24.9 Å². The molecular weight excluding hydrogens is 298 g/mol. The molecule has 3 rings (SSSR count). The molecule has 0 aliphatic carbocycles. The SMILES string of the molecule is Cn1cnnc1SCc1noc(-c2ccccc2Cl)n1. The number of benzene rings is 1. The van der Waals surface area contributed by atoms with E-state index in [4.69, 9.17) is 16.1 Å². The molecule has 0 spiro atoms. The highest BCUT2D eigenvalue weighted by atomic mass is 35.5. The van der Waals surface area contributed by atoms with Gasteiger partial charge in [0, 0.05) is 7.05 Å². The average molecular weight is 308 g/mol. The van der Waals surface area contributed by atoms with Crippen molar-refractivity contribution < 1.29 is 4.52 Å². The van der Waals surface area contributed by atoms with Gasteiger partial charge in [-0.2, -0.15) is 4.98 Å². The fraction of sp³-hybridized carbons (Fsp3) is 0.167. The van der Waals surface area contributed by atoms with Gasteiger partial charge in [-0.3, -0.25) is 0 Å². The molecule has 0 saturated carbocycles. The van der Waals surface area contributed by atoms with Crippen LogP contribution >= 0.6 is 23.4 Å². The number of hydrogen-bond donors (Lipinski definition) is 0. The molecule has 0 fully saturated rings. The zero-order valence-corrected chi connectivity index (χ0v) is 12.1. The second kappa shape index (κ2) is 5.64. The van der Waals surface area contributed by atoms with Crippen LogP contribution in [0.25, 0.3) is 11.5 Å². The summed E-state index contributed by atoms with van der Waals surface area (Å²) in [7, 11) is 1.88. The molecule has 3 aromatic rings. The van der Waals surface area contributed by atoms with Crippen molar-refractivity contribution in [2.24, 2.45) is 7.05 Å². The number of hydrogen-bond acceptors (Lipinski definition) is 6. The normalized spacial score (nSPS) is 10.9. The molecular formula is C12H10ClN5OS. The lowest BCUT2D eigenvalue weighted by atomic mass is 10.2. The van der Waals surface area contributed by atoms with Gasteiger partial charge in [-0.1, -0.05) is 40.7 Å². The molecule has 0 saturated heterocycles. The van der Waals surface area contributed by atoms with Crippen molar-refractivity contribution in [1.29, 1.82) is 0 Å². The fourth-order valence-electron chi connectivity index (χ4n) is 1.59. The number of aryl methyl sites for hydroxylation is 1. The lowest BCUT2D eigenvalue weighted by Gasteiger charge is -1.96. The number of thioether (sulfide) groups is 1. The van der Waals surface area contributed by atoms with E-state index in [0.29, 0.717) is 22.5 Å². The lowest BCUT2D eigenvalue weighted by molar-refractivity contribution is 0.425. The number of rotatable bonds is 4. The minimum atomic E-state index is 0.421. The van der Waals surface area contributed by atoms with Crippen molar-refractivity contribution in [3.05, 3.63) is 41.4 Å². The summed E-state index contributed by atoms with van der Waals surface area (Å²) in [5, 5.41) is 13.1. The maximum absolute atomic E-state index is 6.09. The topological polar surface area (TPSA) is 69.6 Å². The maximum Gasteiger partial charge on any atom is 0.259 e. The summed E-state index contributed by atoms with van der Waals surface area (Å²) in [5.74, 6) is 1.57. The summed E-state index contributed by atoms with van der Waals surface area (Å²) in [5.41, 5.74) is 0.733. The Morgan fingerprint density at radius 2 is 2.20 bits per heavy atom. The Labute approximate surface area is 124 Å². The molecule has 20 heavy (non-hydrogen) atoms. The maximum atomic E-state index is 6.09. The molecule has 0 aliphatic rings. The zero-order valence-electron chi connectivity index (χ0n) is 10.5. The van der Waals surface area contributed by atoms with Crippen LogP contribution in [-0.2, 0) is 12.8 Å². The Morgan fingerprint density at radius 1 is 1.35 bits per heavy atom. The number of nitrogens with zero attached hydrogens (tertiary/aromatic N) is 5. The first-order valence-electron chi connectivity index (χ1n) is 5.78. The lowest BCUT2D eigenvalue weighted by Crippen LogP contribution is -1.91. The minimum Gasteiger partial charge on any atom is -0.334 e. The predicted octanol–water partition coefficient (Wildman–Crippen LogP) is 2.81. The zero-order chi connectivity index (χ0) is 13.9. The Bertz CT molecular complexity index is 726. The van der Waals surface area contributed by atoms with E-state index in [1.807, 2.05) is 29.8 Å². The van der Waals surface area contributed by atoms with E-state index in [2.05, 4.69) is 20.3 Å². The quantitative estimate of drug-likeness (QED) is 0.690. The van der Waals surface area contributed by atoms with Gasteiger partial charge in [0.15, 0.2) is 11.0 Å². The third-order valence-corrected chi connectivity index (χ3v) is 3.93. The minimum absolute atomic E-state index is 0.421. The molecule has 102 valence electrons. The van der Waals surface area contributed by atoms with Crippen LogP contribution in [0.15, 0.2) is 40.3 Å². The van der Waals surface area contributed by atoms with Crippen molar-refractivity contribution in [2.45, 2.75) is 10.9 Å². The molecule has 2 heterocycles. The summed E-state index contributed by atoms with van der Waals surface area (Å²) in [6, 6.07) is 7.36. The molecule has 0 bridgehead atoms. The van der Waals surface area contributed by atoms with Crippen LogP contribution < -0.4 is 0 Å². The molecule has 0 aliphatic heterocycles. The van der Waals surface area contributed by atoms with Gasteiger partial charge < -0.3 is 9.09 Å². The molecule has 0 atom stereocenters. The standard InChI is InChI=1S/C12H10ClN5OS/c1-18-7-14-16-12(18)20-6-10-15-11(19-17-10)8-4-2-3-5-9(8)13/h2-5,7H,6H2,1H3. The first-order valence-corrected chi connectivity index (χ1v) is 7.14. The molecule has 2 aromatic heterocycles. The molecule has 8 heteroatoms. The van der Waals surface area contributed by atoms with Crippen molar-refractivity contribution in [3.8, 4) is 11.5 Å². The molecule has 0 amide bonds. The van der Waals surface area contributed by atoms with Gasteiger partial charge in [0.05, 0.1) is 16.3 Å². The van der Waals surface area contributed by atoms with Gasteiger partial charge in [0.1, 0.15) is 6.33 Å². The third-order valence-electron chi connectivity index (χ3n) is 2.57. The van der Waals surface area contributed by atoms with Crippen molar-refractivity contribution in [3.63, 3.8) is 0 Å². The summed E-state index contributed by atoms with van der Waals surface area (Å²) in [4.78, 5) is 4.33. The Hall–Kier alpha value is -1.86. The van der Waals surface area contributed by atoms with Gasteiger partial charge in [0.2, 0.25) is 0 Å². The fourth-order valence-corrected chi connectivity index (χ4v) is 2.54. The van der Waals surface area contributed by atoms with Crippen LogP contribution in [0.5, 0.6) is 0 Å². The summed E-state index contributed by atoms with van der Waals surface area (Å²) in [6.45, 7) is 0. The summed E-state index contributed by atoms with van der Waals surface area (Å²) in [6.07, 6.45) is 1.65.